The Hall–Kier alpha value is -1.90. The summed E-state index contributed by atoms with van der Waals surface area (Å²) in [4.78, 5) is 4.09. The van der Waals surface area contributed by atoms with E-state index in [0.717, 1.165) is 25.6 Å². The molecule has 2 rings (SSSR count). The van der Waals surface area contributed by atoms with Crippen LogP contribution in [0.2, 0.25) is 0 Å². The highest BCUT2D eigenvalue weighted by Gasteiger charge is 2.37. The highest BCUT2D eigenvalue weighted by molar-refractivity contribution is 6.36. The Morgan fingerprint density at radius 1 is 1.16 bits per heavy atom. The number of nitrogens with one attached hydrogen (secondary N) is 2. The number of alkyl halides is 6. The first-order valence-electron chi connectivity index (χ1n) is 7.63. The van der Waals surface area contributed by atoms with Crippen molar-refractivity contribution in [3.8, 4) is 0 Å². The van der Waals surface area contributed by atoms with Gasteiger partial charge in [-0.2, -0.15) is 26.3 Å². The van der Waals surface area contributed by atoms with E-state index in [4.69, 9.17) is 5.41 Å². The van der Waals surface area contributed by atoms with Gasteiger partial charge in [0.1, 0.15) is 0 Å². The molecule has 138 valence electrons. The highest BCUT2D eigenvalue weighted by atomic mass is 19.4. The SMILES string of the molecule is CC(N=CC(=N)c1cc(C(F)(F)F)cc(C(F)(F)F)c1)C1CCCN1. The number of hydrogen-bond donors (Lipinski definition) is 2. The van der Waals surface area contributed by atoms with Gasteiger partial charge < -0.3 is 5.32 Å². The fourth-order valence-electron chi connectivity index (χ4n) is 2.60. The molecule has 0 spiro atoms. The van der Waals surface area contributed by atoms with Crippen molar-refractivity contribution in [1.29, 1.82) is 5.41 Å². The van der Waals surface area contributed by atoms with Crippen molar-refractivity contribution in [2.24, 2.45) is 4.99 Å². The van der Waals surface area contributed by atoms with Crippen LogP contribution in [0.4, 0.5) is 26.3 Å². The summed E-state index contributed by atoms with van der Waals surface area (Å²) >= 11 is 0. The smallest absolute Gasteiger partial charge is 0.312 e. The van der Waals surface area contributed by atoms with Crippen LogP contribution >= 0.6 is 0 Å². The van der Waals surface area contributed by atoms with Gasteiger partial charge in [0.15, 0.2) is 0 Å². The summed E-state index contributed by atoms with van der Waals surface area (Å²) < 4.78 is 77.0. The quantitative estimate of drug-likeness (QED) is 0.607. The number of halogens is 6. The zero-order valence-electron chi connectivity index (χ0n) is 13.3. The van der Waals surface area contributed by atoms with Gasteiger partial charge in [-0.25, -0.2) is 0 Å². The minimum absolute atomic E-state index is 0.0407. The average molecular weight is 365 g/mol. The molecule has 3 nitrogen and oxygen atoms in total. The van der Waals surface area contributed by atoms with Crippen molar-refractivity contribution in [3.63, 3.8) is 0 Å². The average Bonchev–Trinajstić information content (AvgIpc) is 3.04. The molecule has 0 aromatic heterocycles. The summed E-state index contributed by atoms with van der Waals surface area (Å²) in [5.41, 5.74) is -3.86. The molecule has 1 saturated heterocycles. The first-order valence-corrected chi connectivity index (χ1v) is 7.63. The van der Waals surface area contributed by atoms with Gasteiger partial charge in [0.25, 0.3) is 0 Å². The van der Waals surface area contributed by atoms with E-state index in [9.17, 15) is 26.3 Å². The predicted molar refractivity (Wildman–Crippen MR) is 82.3 cm³/mol. The van der Waals surface area contributed by atoms with E-state index in [-0.39, 0.29) is 18.2 Å². The molecule has 25 heavy (non-hydrogen) atoms. The summed E-state index contributed by atoms with van der Waals surface area (Å²) in [5.74, 6) is 0. The highest BCUT2D eigenvalue weighted by Crippen LogP contribution is 2.36. The maximum Gasteiger partial charge on any atom is 0.416 e. The van der Waals surface area contributed by atoms with Gasteiger partial charge in [-0.3, -0.25) is 10.4 Å². The molecule has 0 bridgehead atoms. The topological polar surface area (TPSA) is 48.2 Å². The van der Waals surface area contributed by atoms with Gasteiger partial charge in [-0.15, -0.1) is 0 Å². The van der Waals surface area contributed by atoms with Gasteiger partial charge in [0, 0.05) is 17.8 Å². The molecule has 2 unspecified atom stereocenters. The third-order valence-electron chi connectivity index (χ3n) is 4.02. The zero-order chi connectivity index (χ0) is 18.8. The second kappa shape index (κ2) is 7.15. The number of hydrogen-bond acceptors (Lipinski definition) is 3. The van der Waals surface area contributed by atoms with Gasteiger partial charge >= 0.3 is 12.4 Å². The summed E-state index contributed by atoms with van der Waals surface area (Å²) in [5, 5.41) is 11.0. The molecule has 9 heteroatoms. The lowest BCUT2D eigenvalue weighted by Crippen LogP contribution is -2.31. The first kappa shape index (κ1) is 19.4. The molecule has 1 aromatic carbocycles. The van der Waals surface area contributed by atoms with Gasteiger partial charge in [0.2, 0.25) is 0 Å². The summed E-state index contributed by atoms with van der Waals surface area (Å²) in [6, 6.07) is 0.968. The van der Waals surface area contributed by atoms with Crippen LogP contribution in [0.1, 0.15) is 36.5 Å². The molecule has 0 saturated carbocycles. The fourth-order valence-corrected chi connectivity index (χ4v) is 2.60. The third-order valence-corrected chi connectivity index (χ3v) is 4.02. The maximum absolute atomic E-state index is 12.8. The molecule has 1 aliphatic rings. The summed E-state index contributed by atoms with van der Waals surface area (Å²) in [6.07, 6.45) is -7.00. The van der Waals surface area contributed by atoms with E-state index in [1.165, 1.54) is 0 Å². The van der Waals surface area contributed by atoms with Crippen LogP contribution in [0.5, 0.6) is 0 Å². The Bertz CT molecular complexity index is 625. The maximum atomic E-state index is 12.8. The van der Waals surface area contributed by atoms with Gasteiger partial charge in [0.05, 0.1) is 22.9 Å². The largest absolute Gasteiger partial charge is 0.416 e. The first-order chi connectivity index (χ1) is 11.5. The normalized spacial score (nSPS) is 20.2. The second-order valence-corrected chi connectivity index (χ2v) is 5.93. The molecule has 0 radical (unpaired) electrons. The Balaban J connectivity index is 2.28. The van der Waals surface area contributed by atoms with Crippen LogP contribution < -0.4 is 5.32 Å². The van der Waals surface area contributed by atoms with Crippen molar-refractivity contribution >= 4 is 11.9 Å². The zero-order valence-corrected chi connectivity index (χ0v) is 13.3. The number of nitrogens with zero attached hydrogens (tertiary/aromatic N) is 1. The molecule has 1 aliphatic heterocycles. The molecule has 0 aliphatic carbocycles. The van der Waals surface area contributed by atoms with Crippen LogP contribution in [0.15, 0.2) is 23.2 Å². The predicted octanol–water partition coefficient (Wildman–Crippen LogP) is 4.30. The third kappa shape index (κ3) is 5.04. The van der Waals surface area contributed by atoms with E-state index in [1.54, 1.807) is 6.92 Å². The summed E-state index contributed by atoms with van der Waals surface area (Å²) in [7, 11) is 0. The lowest BCUT2D eigenvalue weighted by molar-refractivity contribution is -0.143. The Kier molecular flexibility index (Phi) is 5.55. The van der Waals surface area contributed by atoms with Crippen LogP contribution in [0.3, 0.4) is 0 Å². The lowest BCUT2D eigenvalue weighted by Gasteiger charge is -2.15. The van der Waals surface area contributed by atoms with Crippen molar-refractivity contribution in [3.05, 3.63) is 34.9 Å². The van der Waals surface area contributed by atoms with Crippen LogP contribution in [-0.4, -0.2) is 30.6 Å². The molecule has 1 aromatic rings. The molecule has 2 N–H and O–H groups in total. The van der Waals surface area contributed by atoms with E-state index in [0.29, 0.717) is 12.1 Å². The number of benzene rings is 1. The summed E-state index contributed by atoms with van der Waals surface area (Å²) in [6.45, 7) is 2.62. The van der Waals surface area contributed by atoms with Gasteiger partial charge in [-0.05, 0) is 44.5 Å². The van der Waals surface area contributed by atoms with Crippen LogP contribution in [-0.2, 0) is 12.4 Å². The van der Waals surface area contributed by atoms with Crippen molar-refractivity contribution in [2.75, 3.05) is 6.54 Å². The molecule has 0 amide bonds. The minimum atomic E-state index is -4.94. The Morgan fingerprint density at radius 2 is 1.72 bits per heavy atom. The van der Waals surface area contributed by atoms with Gasteiger partial charge in [-0.1, -0.05) is 0 Å². The van der Waals surface area contributed by atoms with E-state index < -0.39 is 34.8 Å². The second-order valence-electron chi connectivity index (χ2n) is 5.93. The van der Waals surface area contributed by atoms with E-state index in [1.807, 2.05) is 0 Å². The fraction of sp³-hybridized carbons (Fsp3) is 0.500. The van der Waals surface area contributed by atoms with Crippen molar-refractivity contribution in [2.45, 2.75) is 44.2 Å². The van der Waals surface area contributed by atoms with Crippen molar-refractivity contribution < 1.29 is 26.3 Å². The van der Waals surface area contributed by atoms with Crippen LogP contribution in [0, 0.1) is 5.41 Å². The molecular formula is C16H17F6N3. The van der Waals surface area contributed by atoms with E-state index >= 15 is 0 Å². The number of rotatable bonds is 4. The molecule has 2 atom stereocenters. The minimum Gasteiger partial charge on any atom is -0.312 e. The standard InChI is InChI=1S/C16H17F6N3/c1-9(14-3-2-4-24-14)25-8-13(23)10-5-11(15(17,18)19)7-12(6-10)16(20,21)22/h5-9,14,23-24H,2-4H2,1H3. The molecule has 1 heterocycles. The van der Waals surface area contributed by atoms with Crippen LogP contribution in [0.25, 0.3) is 0 Å². The molecular weight excluding hydrogens is 348 g/mol. The molecule has 1 fully saturated rings. The Labute approximate surface area is 140 Å². The van der Waals surface area contributed by atoms with Crippen molar-refractivity contribution in [1.82, 2.24) is 5.32 Å². The lowest BCUT2D eigenvalue weighted by atomic mass is 10.0. The van der Waals surface area contributed by atoms with E-state index in [2.05, 4.69) is 10.3 Å². The monoisotopic (exact) mass is 365 g/mol. The number of aliphatic imine (C=N–C) groups is 1. The Morgan fingerprint density at radius 3 is 2.16 bits per heavy atom.